The summed E-state index contributed by atoms with van der Waals surface area (Å²) < 4.78 is 0.954. The zero-order valence-electron chi connectivity index (χ0n) is 9.80. The Bertz CT molecular complexity index is 383. The number of oxime groups is 1. The molecule has 1 heterocycles. The first-order chi connectivity index (χ1) is 8.15. The highest BCUT2D eigenvalue weighted by Crippen LogP contribution is 2.11. The number of nitrogens with two attached hydrogens (primary N) is 1. The molecule has 6 heteroatoms. The van der Waals surface area contributed by atoms with Crippen LogP contribution in [0.1, 0.15) is 18.9 Å². The molecule has 0 fully saturated rings. The van der Waals surface area contributed by atoms with E-state index in [4.69, 9.17) is 10.9 Å². The fourth-order valence-electron chi connectivity index (χ4n) is 1.59. The molecule has 0 amide bonds. The molecule has 0 saturated heterocycles. The first kappa shape index (κ1) is 13.9. The Morgan fingerprint density at radius 1 is 1.59 bits per heavy atom. The molecule has 0 spiro atoms. The van der Waals surface area contributed by atoms with Crippen LogP contribution in [0.4, 0.5) is 0 Å². The zero-order valence-corrected chi connectivity index (χ0v) is 11.4. The van der Waals surface area contributed by atoms with Crippen LogP contribution in [0.15, 0.2) is 28.1 Å². The van der Waals surface area contributed by atoms with Gasteiger partial charge in [-0.25, -0.2) is 0 Å². The van der Waals surface area contributed by atoms with Gasteiger partial charge in [-0.1, -0.05) is 12.1 Å². The Hall–Kier alpha value is -1.14. The van der Waals surface area contributed by atoms with E-state index in [1.54, 1.807) is 6.20 Å². The van der Waals surface area contributed by atoms with E-state index in [1.165, 1.54) is 0 Å². The van der Waals surface area contributed by atoms with E-state index in [0.29, 0.717) is 6.54 Å². The van der Waals surface area contributed by atoms with Gasteiger partial charge in [0, 0.05) is 23.4 Å². The SMILES string of the molecule is CCCN(C/C(N)=N/O)Cc1cncc(Br)c1. The summed E-state index contributed by atoms with van der Waals surface area (Å²) in [4.78, 5) is 6.22. The number of aromatic nitrogens is 1. The van der Waals surface area contributed by atoms with Gasteiger partial charge >= 0.3 is 0 Å². The minimum Gasteiger partial charge on any atom is -0.409 e. The molecule has 0 aromatic carbocycles. The van der Waals surface area contributed by atoms with Crippen LogP contribution in [0.2, 0.25) is 0 Å². The summed E-state index contributed by atoms with van der Waals surface area (Å²) in [5.41, 5.74) is 6.62. The van der Waals surface area contributed by atoms with Gasteiger partial charge in [-0.2, -0.15) is 0 Å². The maximum atomic E-state index is 8.58. The average molecular weight is 301 g/mol. The van der Waals surface area contributed by atoms with Crippen LogP contribution in [0, 0.1) is 0 Å². The maximum absolute atomic E-state index is 8.58. The topological polar surface area (TPSA) is 74.7 Å². The molecule has 0 aliphatic rings. The van der Waals surface area contributed by atoms with E-state index in [1.807, 2.05) is 12.3 Å². The number of halogens is 1. The maximum Gasteiger partial charge on any atom is 0.153 e. The van der Waals surface area contributed by atoms with Crippen LogP contribution >= 0.6 is 15.9 Å². The molecular weight excluding hydrogens is 284 g/mol. The van der Waals surface area contributed by atoms with Crippen molar-refractivity contribution in [2.45, 2.75) is 19.9 Å². The summed E-state index contributed by atoms with van der Waals surface area (Å²) in [5, 5.41) is 11.6. The Kier molecular flexibility index (Phi) is 5.93. The Balaban J connectivity index is 2.66. The number of amidine groups is 1. The monoisotopic (exact) mass is 300 g/mol. The molecule has 0 bridgehead atoms. The van der Waals surface area contributed by atoms with Gasteiger partial charge in [0.15, 0.2) is 5.84 Å². The molecule has 1 aromatic heterocycles. The van der Waals surface area contributed by atoms with Crippen LogP contribution in [-0.2, 0) is 6.54 Å². The number of pyridine rings is 1. The molecule has 17 heavy (non-hydrogen) atoms. The molecule has 0 atom stereocenters. The quantitative estimate of drug-likeness (QED) is 0.364. The molecule has 94 valence electrons. The van der Waals surface area contributed by atoms with Gasteiger partial charge in [0.1, 0.15) is 0 Å². The summed E-state index contributed by atoms with van der Waals surface area (Å²) in [5.74, 6) is 0.224. The molecule has 0 aliphatic heterocycles. The van der Waals surface area contributed by atoms with Crippen molar-refractivity contribution in [1.29, 1.82) is 0 Å². The Morgan fingerprint density at radius 3 is 2.94 bits per heavy atom. The highest BCUT2D eigenvalue weighted by Gasteiger charge is 2.08. The highest BCUT2D eigenvalue weighted by atomic mass is 79.9. The van der Waals surface area contributed by atoms with Crippen molar-refractivity contribution in [2.75, 3.05) is 13.1 Å². The van der Waals surface area contributed by atoms with Crippen LogP contribution < -0.4 is 5.73 Å². The van der Waals surface area contributed by atoms with Gasteiger partial charge in [0.25, 0.3) is 0 Å². The van der Waals surface area contributed by atoms with Gasteiger partial charge < -0.3 is 10.9 Å². The summed E-state index contributed by atoms with van der Waals surface area (Å²) in [6.45, 7) is 4.18. The minimum atomic E-state index is 0.224. The molecule has 0 radical (unpaired) electrons. The third-order valence-electron chi connectivity index (χ3n) is 2.22. The van der Waals surface area contributed by atoms with Crippen LogP contribution in [-0.4, -0.2) is 34.0 Å². The lowest BCUT2D eigenvalue weighted by Crippen LogP contribution is -2.34. The molecule has 1 rings (SSSR count). The number of rotatable bonds is 6. The number of nitrogens with zero attached hydrogens (tertiary/aromatic N) is 3. The number of hydrogen-bond acceptors (Lipinski definition) is 4. The average Bonchev–Trinajstić information content (AvgIpc) is 2.29. The fraction of sp³-hybridized carbons (Fsp3) is 0.455. The second kappa shape index (κ2) is 7.24. The first-order valence-corrected chi connectivity index (χ1v) is 6.23. The Morgan fingerprint density at radius 2 is 2.35 bits per heavy atom. The zero-order chi connectivity index (χ0) is 12.7. The van der Waals surface area contributed by atoms with Crippen molar-refractivity contribution >= 4 is 21.8 Å². The molecular formula is C11H17BrN4O. The van der Waals surface area contributed by atoms with E-state index in [-0.39, 0.29) is 5.84 Å². The molecule has 3 N–H and O–H groups in total. The molecule has 0 aliphatic carbocycles. The second-order valence-electron chi connectivity index (χ2n) is 3.81. The lowest BCUT2D eigenvalue weighted by molar-refractivity contribution is 0.285. The summed E-state index contributed by atoms with van der Waals surface area (Å²) in [6.07, 6.45) is 4.58. The van der Waals surface area contributed by atoms with Gasteiger partial charge in [-0.15, -0.1) is 0 Å². The molecule has 0 saturated carbocycles. The number of hydrogen-bond donors (Lipinski definition) is 2. The molecule has 1 aromatic rings. The van der Waals surface area contributed by atoms with E-state index < -0.39 is 0 Å². The van der Waals surface area contributed by atoms with Gasteiger partial charge in [0.05, 0.1) is 6.54 Å². The second-order valence-corrected chi connectivity index (χ2v) is 4.73. The van der Waals surface area contributed by atoms with Crippen molar-refractivity contribution in [1.82, 2.24) is 9.88 Å². The van der Waals surface area contributed by atoms with Crippen LogP contribution in [0.25, 0.3) is 0 Å². The summed E-state index contributed by atoms with van der Waals surface area (Å²) in [6, 6.07) is 2.02. The first-order valence-electron chi connectivity index (χ1n) is 5.44. The smallest absolute Gasteiger partial charge is 0.153 e. The van der Waals surface area contributed by atoms with E-state index >= 15 is 0 Å². The standard InChI is InChI=1S/C11H17BrN4O/c1-2-3-16(8-11(13)15-17)7-9-4-10(12)6-14-5-9/h4-6,17H,2-3,7-8H2,1H3,(H2,13,15). The predicted octanol–water partition coefficient (Wildman–Crippen LogP) is 1.80. The summed E-state index contributed by atoms with van der Waals surface area (Å²) >= 11 is 3.39. The lowest BCUT2D eigenvalue weighted by atomic mass is 10.2. The molecule has 0 unspecified atom stereocenters. The van der Waals surface area contributed by atoms with E-state index in [9.17, 15) is 0 Å². The normalized spacial score (nSPS) is 12.1. The van der Waals surface area contributed by atoms with Crippen molar-refractivity contribution in [2.24, 2.45) is 10.9 Å². The third kappa shape index (κ3) is 5.14. The predicted molar refractivity (Wildman–Crippen MR) is 70.9 cm³/mol. The highest BCUT2D eigenvalue weighted by molar-refractivity contribution is 9.10. The minimum absolute atomic E-state index is 0.224. The van der Waals surface area contributed by atoms with Crippen molar-refractivity contribution < 1.29 is 5.21 Å². The van der Waals surface area contributed by atoms with Crippen molar-refractivity contribution in [3.8, 4) is 0 Å². The van der Waals surface area contributed by atoms with Gasteiger partial charge in [-0.05, 0) is 40.5 Å². The Labute approximate surface area is 109 Å². The van der Waals surface area contributed by atoms with Gasteiger partial charge in [-0.3, -0.25) is 9.88 Å². The third-order valence-corrected chi connectivity index (χ3v) is 2.66. The van der Waals surface area contributed by atoms with Gasteiger partial charge in [0.2, 0.25) is 0 Å². The van der Waals surface area contributed by atoms with Crippen LogP contribution in [0.5, 0.6) is 0 Å². The van der Waals surface area contributed by atoms with Crippen molar-refractivity contribution in [3.05, 3.63) is 28.5 Å². The fourth-order valence-corrected chi connectivity index (χ4v) is 2.00. The molecule has 5 nitrogen and oxygen atoms in total. The van der Waals surface area contributed by atoms with E-state index in [0.717, 1.165) is 29.5 Å². The summed E-state index contributed by atoms with van der Waals surface area (Å²) in [7, 11) is 0. The van der Waals surface area contributed by atoms with Crippen molar-refractivity contribution in [3.63, 3.8) is 0 Å². The van der Waals surface area contributed by atoms with E-state index in [2.05, 4.69) is 37.9 Å². The van der Waals surface area contributed by atoms with Crippen LogP contribution in [0.3, 0.4) is 0 Å². The largest absolute Gasteiger partial charge is 0.409 e. The lowest BCUT2D eigenvalue weighted by Gasteiger charge is -2.20.